The molecule has 1 aromatic rings. The fourth-order valence-electron chi connectivity index (χ4n) is 2.03. The van der Waals surface area contributed by atoms with Crippen LogP contribution < -0.4 is 0 Å². The number of hydrogen-bond donors (Lipinski definition) is 0. The van der Waals surface area contributed by atoms with Crippen LogP contribution >= 0.6 is 11.8 Å². The molecule has 1 aliphatic heterocycles. The van der Waals surface area contributed by atoms with Gasteiger partial charge in [0.25, 0.3) is 0 Å². The van der Waals surface area contributed by atoms with E-state index in [-0.39, 0.29) is 11.7 Å². The zero-order valence-electron chi connectivity index (χ0n) is 9.44. The van der Waals surface area contributed by atoms with Gasteiger partial charge in [0, 0.05) is 29.6 Å². The van der Waals surface area contributed by atoms with E-state index in [1.807, 2.05) is 30.5 Å². The van der Waals surface area contributed by atoms with E-state index >= 15 is 0 Å². The van der Waals surface area contributed by atoms with Gasteiger partial charge in [-0.3, -0.25) is 4.79 Å². The lowest BCUT2D eigenvalue weighted by molar-refractivity contribution is 0.0543. The molecule has 1 fully saturated rings. The summed E-state index contributed by atoms with van der Waals surface area (Å²) in [6.45, 7) is 1.44. The van der Waals surface area contributed by atoms with Gasteiger partial charge in [0.05, 0.1) is 0 Å². The van der Waals surface area contributed by atoms with E-state index in [2.05, 4.69) is 0 Å². The lowest BCUT2D eigenvalue weighted by Gasteiger charge is -2.21. The molecular weight excluding hydrogens is 220 g/mol. The van der Waals surface area contributed by atoms with Crippen molar-refractivity contribution in [1.29, 1.82) is 0 Å². The predicted molar refractivity (Wildman–Crippen MR) is 66.1 cm³/mol. The van der Waals surface area contributed by atoms with Crippen LogP contribution in [-0.2, 0) is 4.74 Å². The van der Waals surface area contributed by atoms with Gasteiger partial charge in [-0.2, -0.15) is 0 Å². The molecule has 3 heteroatoms. The van der Waals surface area contributed by atoms with Crippen LogP contribution in [0.25, 0.3) is 0 Å². The average Bonchev–Trinajstić information content (AvgIpc) is 2.39. The zero-order valence-corrected chi connectivity index (χ0v) is 10.3. The number of benzene rings is 1. The number of Topliss-reactive ketones (excluding diaryl/α,β-unsaturated/α-hetero) is 1. The molecule has 2 rings (SSSR count). The smallest absolute Gasteiger partial charge is 0.167 e. The molecule has 0 saturated carbocycles. The van der Waals surface area contributed by atoms with Crippen molar-refractivity contribution in [3.8, 4) is 0 Å². The molecule has 0 aromatic heterocycles. The Bertz CT molecular complexity index is 370. The van der Waals surface area contributed by atoms with Crippen molar-refractivity contribution in [2.24, 2.45) is 5.92 Å². The molecule has 0 N–H and O–H groups in total. The fourth-order valence-corrected chi connectivity index (χ4v) is 2.63. The highest BCUT2D eigenvalue weighted by Gasteiger charge is 2.24. The average molecular weight is 236 g/mol. The van der Waals surface area contributed by atoms with Crippen molar-refractivity contribution < 1.29 is 9.53 Å². The molecule has 0 radical (unpaired) electrons. The Hall–Kier alpha value is -0.800. The highest BCUT2D eigenvalue weighted by atomic mass is 32.2. The molecule has 0 spiro atoms. The van der Waals surface area contributed by atoms with Crippen molar-refractivity contribution in [3.05, 3.63) is 29.8 Å². The standard InChI is InChI=1S/C13H16O2S/c1-16-12-5-3-2-4-11(12)13(14)10-6-8-15-9-7-10/h2-5,10H,6-9H2,1H3. The quantitative estimate of drug-likeness (QED) is 0.596. The van der Waals surface area contributed by atoms with Crippen LogP contribution in [0, 0.1) is 5.92 Å². The molecule has 2 nitrogen and oxygen atoms in total. The second-order valence-electron chi connectivity index (χ2n) is 3.95. The minimum Gasteiger partial charge on any atom is -0.381 e. The van der Waals surface area contributed by atoms with Gasteiger partial charge < -0.3 is 4.74 Å². The van der Waals surface area contributed by atoms with Crippen LogP contribution in [0.15, 0.2) is 29.2 Å². The van der Waals surface area contributed by atoms with Crippen molar-refractivity contribution >= 4 is 17.5 Å². The van der Waals surface area contributed by atoms with Gasteiger partial charge in [-0.05, 0) is 25.2 Å². The summed E-state index contributed by atoms with van der Waals surface area (Å²) in [5.41, 5.74) is 0.877. The van der Waals surface area contributed by atoms with E-state index < -0.39 is 0 Å². The number of carbonyl (C=O) groups is 1. The van der Waals surface area contributed by atoms with Crippen LogP contribution in [-0.4, -0.2) is 25.3 Å². The lowest BCUT2D eigenvalue weighted by atomic mass is 9.91. The van der Waals surface area contributed by atoms with E-state index in [0.717, 1.165) is 36.5 Å². The van der Waals surface area contributed by atoms with E-state index in [1.165, 1.54) is 0 Å². The van der Waals surface area contributed by atoms with Crippen molar-refractivity contribution in [3.63, 3.8) is 0 Å². The number of thioether (sulfide) groups is 1. The van der Waals surface area contributed by atoms with Gasteiger partial charge in [-0.1, -0.05) is 18.2 Å². The van der Waals surface area contributed by atoms with E-state index in [0.29, 0.717) is 0 Å². The van der Waals surface area contributed by atoms with E-state index in [1.54, 1.807) is 11.8 Å². The molecule has 0 amide bonds. The van der Waals surface area contributed by atoms with Crippen LogP contribution in [0.2, 0.25) is 0 Å². The number of ether oxygens (including phenoxy) is 1. The maximum Gasteiger partial charge on any atom is 0.167 e. The SMILES string of the molecule is CSc1ccccc1C(=O)C1CCOCC1. The second-order valence-corrected chi connectivity index (χ2v) is 4.80. The summed E-state index contributed by atoms with van der Waals surface area (Å²) in [5.74, 6) is 0.440. The van der Waals surface area contributed by atoms with Crippen molar-refractivity contribution in [2.75, 3.05) is 19.5 Å². The van der Waals surface area contributed by atoms with Crippen LogP contribution in [0.4, 0.5) is 0 Å². The van der Waals surface area contributed by atoms with Crippen molar-refractivity contribution in [1.82, 2.24) is 0 Å². The van der Waals surface area contributed by atoms with Gasteiger partial charge in [-0.15, -0.1) is 11.8 Å². The van der Waals surface area contributed by atoms with Crippen LogP contribution in [0.1, 0.15) is 23.2 Å². The Balaban J connectivity index is 2.19. The fraction of sp³-hybridized carbons (Fsp3) is 0.462. The predicted octanol–water partition coefficient (Wildman–Crippen LogP) is 3.02. The summed E-state index contributed by atoms with van der Waals surface area (Å²) in [7, 11) is 0. The van der Waals surface area contributed by atoms with Gasteiger partial charge in [-0.25, -0.2) is 0 Å². The highest BCUT2D eigenvalue weighted by Crippen LogP contribution is 2.26. The summed E-state index contributed by atoms with van der Waals surface area (Å²) in [4.78, 5) is 13.4. The minimum absolute atomic E-state index is 0.155. The third-order valence-electron chi connectivity index (χ3n) is 2.96. The molecule has 1 aromatic carbocycles. The van der Waals surface area contributed by atoms with Crippen LogP contribution in [0.3, 0.4) is 0 Å². The first-order valence-electron chi connectivity index (χ1n) is 5.58. The van der Waals surface area contributed by atoms with E-state index in [9.17, 15) is 4.79 Å². The molecule has 1 saturated heterocycles. The molecular formula is C13H16O2S. The number of carbonyl (C=O) groups excluding carboxylic acids is 1. The summed E-state index contributed by atoms with van der Waals surface area (Å²) in [6, 6.07) is 7.86. The summed E-state index contributed by atoms with van der Waals surface area (Å²) in [6.07, 6.45) is 3.74. The number of rotatable bonds is 3. The maximum atomic E-state index is 12.3. The molecule has 16 heavy (non-hydrogen) atoms. The minimum atomic E-state index is 0.155. The van der Waals surface area contributed by atoms with Gasteiger partial charge in [0.2, 0.25) is 0 Å². The molecule has 1 aliphatic rings. The largest absolute Gasteiger partial charge is 0.381 e. The molecule has 0 aliphatic carbocycles. The zero-order chi connectivity index (χ0) is 11.4. The molecule has 1 heterocycles. The number of ketones is 1. The van der Waals surface area contributed by atoms with Gasteiger partial charge in [0.15, 0.2) is 5.78 Å². The first-order chi connectivity index (χ1) is 7.83. The van der Waals surface area contributed by atoms with Crippen LogP contribution in [0.5, 0.6) is 0 Å². The first-order valence-corrected chi connectivity index (χ1v) is 6.80. The second kappa shape index (κ2) is 5.51. The first kappa shape index (κ1) is 11.7. The maximum absolute atomic E-state index is 12.3. The Morgan fingerprint density at radius 3 is 2.69 bits per heavy atom. The number of hydrogen-bond acceptors (Lipinski definition) is 3. The Kier molecular flexibility index (Phi) is 4.02. The lowest BCUT2D eigenvalue weighted by Crippen LogP contribution is -2.23. The molecule has 0 bridgehead atoms. The van der Waals surface area contributed by atoms with E-state index in [4.69, 9.17) is 4.74 Å². The Labute approximate surface area is 100 Å². The van der Waals surface area contributed by atoms with Gasteiger partial charge in [0.1, 0.15) is 0 Å². The highest BCUT2D eigenvalue weighted by molar-refractivity contribution is 7.98. The topological polar surface area (TPSA) is 26.3 Å². The summed E-state index contributed by atoms with van der Waals surface area (Å²) >= 11 is 1.64. The molecule has 86 valence electrons. The van der Waals surface area contributed by atoms with Gasteiger partial charge >= 0.3 is 0 Å². The third-order valence-corrected chi connectivity index (χ3v) is 3.76. The summed E-state index contributed by atoms with van der Waals surface area (Å²) < 4.78 is 5.28. The van der Waals surface area contributed by atoms with Crippen molar-refractivity contribution in [2.45, 2.75) is 17.7 Å². The monoisotopic (exact) mass is 236 g/mol. The normalized spacial score (nSPS) is 17.3. The molecule has 0 unspecified atom stereocenters. The third kappa shape index (κ3) is 2.47. The summed E-state index contributed by atoms with van der Waals surface area (Å²) in [5, 5.41) is 0. The Morgan fingerprint density at radius 1 is 1.31 bits per heavy atom. The molecule has 0 atom stereocenters. The Morgan fingerprint density at radius 2 is 2.00 bits per heavy atom.